The molecule has 2 aliphatic heterocycles. The van der Waals surface area contributed by atoms with Crippen LogP contribution in [-0.2, 0) is 16.8 Å². The van der Waals surface area contributed by atoms with Crippen molar-refractivity contribution in [3.8, 4) is 5.75 Å². The highest BCUT2D eigenvalue weighted by atomic mass is 16.5. The molecular formula is C14H18O3. The molecule has 3 rings (SSSR count). The molecule has 0 radical (unpaired) electrons. The van der Waals surface area contributed by atoms with E-state index in [0.29, 0.717) is 6.61 Å². The van der Waals surface area contributed by atoms with Gasteiger partial charge in [0.25, 0.3) is 0 Å². The molecule has 17 heavy (non-hydrogen) atoms. The van der Waals surface area contributed by atoms with Crippen LogP contribution in [0.5, 0.6) is 5.75 Å². The lowest BCUT2D eigenvalue weighted by atomic mass is 9.85. The highest BCUT2D eigenvalue weighted by molar-refractivity contribution is 5.46. The molecule has 1 unspecified atom stereocenters. The summed E-state index contributed by atoms with van der Waals surface area (Å²) in [5, 5.41) is 10.7. The quantitative estimate of drug-likeness (QED) is 0.808. The highest BCUT2D eigenvalue weighted by Crippen LogP contribution is 2.39. The van der Waals surface area contributed by atoms with Gasteiger partial charge in [0, 0.05) is 12.2 Å². The van der Waals surface area contributed by atoms with E-state index in [4.69, 9.17) is 9.47 Å². The number of rotatable bonds is 1. The van der Waals surface area contributed by atoms with Gasteiger partial charge in [-0.1, -0.05) is 18.2 Å². The highest BCUT2D eigenvalue weighted by Gasteiger charge is 2.36. The maximum Gasteiger partial charge on any atom is 0.128 e. The molecule has 1 aromatic carbocycles. The molecule has 2 heterocycles. The standard InChI is InChI=1S/C14H18O3/c15-14(7-3-8-16-10-14)12-6-1-4-11-5-2-9-17-13(11)12/h1,4,6,15H,2-3,5,7-10H2. The third-order valence-electron chi connectivity index (χ3n) is 3.65. The fourth-order valence-corrected chi connectivity index (χ4v) is 2.75. The third kappa shape index (κ3) is 1.94. The minimum atomic E-state index is -0.860. The largest absolute Gasteiger partial charge is 0.493 e. The summed E-state index contributed by atoms with van der Waals surface area (Å²) in [6, 6.07) is 6.07. The van der Waals surface area contributed by atoms with Crippen LogP contribution in [0.2, 0.25) is 0 Å². The number of benzene rings is 1. The van der Waals surface area contributed by atoms with Crippen LogP contribution < -0.4 is 4.74 Å². The molecular weight excluding hydrogens is 216 g/mol. The first-order valence-electron chi connectivity index (χ1n) is 6.35. The van der Waals surface area contributed by atoms with Crippen molar-refractivity contribution in [2.24, 2.45) is 0 Å². The van der Waals surface area contributed by atoms with E-state index in [1.807, 2.05) is 12.1 Å². The zero-order valence-corrected chi connectivity index (χ0v) is 9.95. The van der Waals surface area contributed by atoms with Crippen molar-refractivity contribution in [1.29, 1.82) is 0 Å². The monoisotopic (exact) mass is 234 g/mol. The summed E-state index contributed by atoms with van der Waals surface area (Å²) < 4.78 is 11.2. The Morgan fingerprint density at radius 2 is 2.12 bits per heavy atom. The van der Waals surface area contributed by atoms with Gasteiger partial charge in [0.1, 0.15) is 11.4 Å². The zero-order valence-electron chi connectivity index (χ0n) is 9.95. The average molecular weight is 234 g/mol. The van der Waals surface area contributed by atoms with Gasteiger partial charge in [0.2, 0.25) is 0 Å². The second-order valence-electron chi connectivity index (χ2n) is 4.93. The summed E-state index contributed by atoms with van der Waals surface area (Å²) in [4.78, 5) is 0. The SMILES string of the molecule is OC1(c2cccc3c2OCCC3)CCCOC1. The summed E-state index contributed by atoms with van der Waals surface area (Å²) in [7, 11) is 0. The topological polar surface area (TPSA) is 38.7 Å². The lowest BCUT2D eigenvalue weighted by Gasteiger charge is -2.35. The first-order chi connectivity index (χ1) is 8.30. The van der Waals surface area contributed by atoms with E-state index in [9.17, 15) is 5.11 Å². The van der Waals surface area contributed by atoms with Crippen molar-refractivity contribution in [2.75, 3.05) is 19.8 Å². The van der Waals surface area contributed by atoms with Gasteiger partial charge >= 0.3 is 0 Å². The smallest absolute Gasteiger partial charge is 0.128 e. The summed E-state index contributed by atoms with van der Waals surface area (Å²) in [5.41, 5.74) is 1.27. The van der Waals surface area contributed by atoms with Gasteiger partial charge in [-0.25, -0.2) is 0 Å². The van der Waals surface area contributed by atoms with Gasteiger partial charge in [0.05, 0.1) is 13.2 Å². The van der Waals surface area contributed by atoms with Crippen LogP contribution in [0.1, 0.15) is 30.4 Å². The van der Waals surface area contributed by atoms with E-state index in [1.54, 1.807) is 0 Å². The van der Waals surface area contributed by atoms with E-state index in [2.05, 4.69) is 6.07 Å². The van der Waals surface area contributed by atoms with E-state index in [1.165, 1.54) is 5.56 Å². The van der Waals surface area contributed by atoms with Crippen molar-refractivity contribution >= 4 is 0 Å². The Morgan fingerprint density at radius 3 is 2.94 bits per heavy atom. The van der Waals surface area contributed by atoms with Crippen molar-refractivity contribution in [3.63, 3.8) is 0 Å². The Balaban J connectivity index is 2.01. The molecule has 3 heteroatoms. The molecule has 3 nitrogen and oxygen atoms in total. The summed E-state index contributed by atoms with van der Waals surface area (Å²) in [6.07, 6.45) is 3.76. The van der Waals surface area contributed by atoms with Gasteiger partial charge in [-0.3, -0.25) is 0 Å². The number of hydrogen-bond donors (Lipinski definition) is 1. The van der Waals surface area contributed by atoms with E-state index in [-0.39, 0.29) is 0 Å². The zero-order chi connectivity index (χ0) is 11.7. The average Bonchev–Trinajstić information content (AvgIpc) is 2.39. The van der Waals surface area contributed by atoms with Gasteiger partial charge < -0.3 is 14.6 Å². The van der Waals surface area contributed by atoms with Crippen LogP contribution >= 0.6 is 0 Å². The number of aryl methyl sites for hydroxylation is 1. The van der Waals surface area contributed by atoms with Gasteiger partial charge in [-0.05, 0) is 31.2 Å². The molecule has 0 aromatic heterocycles. The molecule has 0 aliphatic carbocycles. The van der Waals surface area contributed by atoms with Gasteiger partial charge in [0.15, 0.2) is 0 Å². The Morgan fingerprint density at radius 1 is 1.18 bits per heavy atom. The first-order valence-corrected chi connectivity index (χ1v) is 6.35. The van der Waals surface area contributed by atoms with E-state index >= 15 is 0 Å². The van der Waals surface area contributed by atoms with E-state index < -0.39 is 5.60 Å². The second kappa shape index (κ2) is 4.31. The molecule has 0 bridgehead atoms. The Labute approximate surface area is 101 Å². The molecule has 1 saturated heterocycles. The molecule has 0 amide bonds. The third-order valence-corrected chi connectivity index (χ3v) is 3.65. The van der Waals surface area contributed by atoms with Crippen molar-refractivity contribution in [3.05, 3.63) is 29.3 Å². The molecule has 1 fully saturated rings. The van der Waals surface area contributed by atoms with Crippen molar-refractivity contribution in [2.45, 2.75) is 31.3 Å². The molecule has 0 saturated carbocycles. The molecule has 2 aliphatic rings. The summed E-state index contributed by atoms with van der Waals surface area (Å²) in [5.74, 6) is 0.895. The summed E-state index contributed by atoms with van der Waals surface area (Å²) >= 11 is 0. The molecule has 1 atom stereocenters. The summed E-state index contributed by atoms with van der Waals surface area (Å²) in [6.45, 7) is 1.88. The number of fused-ring (bicyclic) bond motifs is 1. The molecule has 1 N–H and O–H groups in total. The number of hydrogen-bond acceptors (Lipinski definition) is 3. The van der Waals surface area contributed by atoms with Crippen molar-refractivity contribution < 1.29 is 14.6 Å². The van der Waals surface area contributed by atoms with Crippen LogP contribution in [0.25, 0.3) is 0 Å². The number of aliphatic hydroxyl groups is 1. The Hall–Kier alpha value is -1.06. The number of para-hydroxylation sites is 1. The minimum Gasteiger partial charge on any atom is -0.493 e. The Kier molecular flexibility index (Phi) is 2.81. The van der Waals surface area contributed by atoms with Crippen LogP contribution in [-0.4, -0.2) is 24.9 Å². The lowest BCUT2D eigenvalue weighted by Crippen LogP contribution is -2.36. The van der Waals surface area contributed by atoms with Gasteiger partial charge in [-0.2, -0.15) is 0 Å². The normalized spacial score (nSPS) is 28.3. The van der Waals surface area contributed by atoms with Gasteiger partial charge in [-0.15, -0.1) is 0 Å². The van der Waals surface area contributed by atoms with E-state index in [0.717, 1.165) is 50.2 Å². The minimum absolute atomic E-state index is 0.382. The van der Waals surface area contributed by atoms with Crippen LogP contribution in [0, 0.1) is 0 Å². The second-order valence-corrected chi connectivity index (χ2v) is 4.93. The number of ether oxygens (including phenoxy) is 2. The predicted octanol–water partition coefficient (Wildman–Crippen LogP) is 2.01. The lowest BCUT2D eigenvalue weighted by molar-refractivity contribution is -0.0915. The van der Waals surface area contributed by atoms with Crippen LogP contribution in [0.3, 0.4) is 0 Å². The fraction of sp³-hybridized carbons (Fsp3) is 0.571. The molecule has 1 aromatic rings. The molecule has 0 spiro atoms. The predicted molar refractivity (Wildman–Crippen MR) is 64.2 cm³/mol. The van der Waals surface area contributed by atoms with Crippen LogP contribution in [0.15, 0.2) is 18.2 Å². The fourth-order valence-electron chi connectivity index (χ4n) is 2.75. The molecule has 92 valence electrons. The van der Waals surface area contributed by atoms with Crippen molar-refractivity contribution in [1.82, 2.24) is 0 Å². The maximum absolute atomic E-state index is 10.7. The maximum atomic E-state index is 10.7. The Bertz CT molecular complexity index is 408. The first kappa shape index (κ1) is 11.1. The van der Waals surface area contributed by atoms with Crippen LogP contribution in [0.4, 0.5) is 0 Å².